The average Bonchev–Trinajstić information content (AvgIpc) is 2.92. The van der Waals surface area contributed by atoms with E-state index in [1.165, 1.54) is 0 Å². The molecule has 2 heterocycles. The average molecular weight is 372 g/mol. The highest BCUT2D eigenvalue weighted by molar-refractivity contribution is 6.32. The van der Waals surface area contributed by atoms with Crippen LogP contribution in [0.25, 0.3) is 0 Å². The van der Waals surface area contributed by atoms with E-state index in [-0.39, 0.29) is 11.8 Å². The van der Waals surface area contributed by atoms with Gasteiger partial charge in [0.25, 0.3) is 0 Å². The van der Waals surface area contributed by atoms with E-state index in [1.807, 2.05) is 39.3 Å². The molecule has 1 N–H and O–H groups in total. The lowest BCUT2D eigenvalue weighted by molar-refractivity contribution is -0.125. The van der Waals surface area contributed by atoms with Crippen LogP contribution in [0.5, 0.6) is 0 Å². The van der Waals surface area contributed by atoms with Gasteiger partial charge in [0.15, 0.2) is 0 Å². The number of nitrogens with one attached hydrogen (secondary N) is 1. The van der Waals surface area contributed by atoms with E-state index in [4.69, 9.17) is 23.2 Å². The zero-order valence-corrected chi connectivity index (χ0v) is 16.2. The van der Waals surface area contributed by atoms with Gasteiger partial charge in [-0.05, 0) is 27.7 Å². The Hall–Kier alpha value is -1.53. The van der Waals surface area contributed by atoms with Crippen LogP contribution in [0.1, 0.15) is 29.7 Å². The number of rotatable bonds is 6. The van der Waals surface area contributed by atoms with Crippen molar-refractivity contribution < 1.29 is 4.79 Å². The summed E-state index contributed by atoms with van der Waals surface area (Å²) in [6.45, 7) is 11.0. The minimum Gasteiger partial charge on any atom is -0.354 e. The van der Waals surface area contributed by atoms with Crippen molar-refractivity contribution in [1.82, 2.24) is 24.9 Å². The van der Waals surface area contributed by atoms with E-state index in [2.05, 4.69) is 15.5 Å². The molecule has 0 saturated heterocycles. The van der Waals surface area contributed by atoms with E-state index in [0.29, 0.717) is 29.7 Å². The number of aromatic nitrogens is 4. The highest BCUT2D eigenvalue weighted by Gasteiger charge is 2.17. The standard InChI is InChI=1S/C16H23Cl2N5O/c1-9(8-23-13(5)15(18)11(3)21-23)16(24)19-6-7-22-12(4)14(17)10(2)20-22/h9H,6-8H2,1-5H3,(H,19,24)/t9-/m0/s1. The first-order valence-corrected chi connectivity index (χ1v) is 8.64. The largest absolute Gasteiger partial charge is 0.354 e. The fraction of sp³-hybridized carbons (Fsp3) is 0.562. The monoisotopic (exact) mass is 371 g/mol. The lowest BCUT2D eigenvalue weighted by Gasteiger charge is -2.14. The Morgan fingerprint density at radius 2 is 1.54 bits per heavy atom. The summed E-state index contributed by atoms with van der Waals surface area (Å²) in [5.74, 6) is -0.227. The highest BCUT2D eigenvalue weighted by Crippen LogP contribution is 2.20. The molecule has 0 aliphatic heterocycles. The summed E-state index contributed by atoms with van der Waals surface area (Å²) in [6, 6.07) is 0. The molecule has 0 radical (unpaired) electrons. The Kier molecular flexibility index (Phi) is 5.93. The first kappa shape index (κ1) is 18.8. The van der Waals surface area contributed by atoms with Crippen LogP contribution in [0, 0.1) is 33.6 Å². The lowest BCUT2D eigenvalue weighted by atomic mass is 10.1. The molecule has 24 heavy (non-hydrogen) atoms. The number of aryl methyl sites for hydroxylation is 2. The van der Waals surface area contributed by atoms with Crippen LogP contribution in [0.15, 0.2) is 0 Å². The van der Waals surface area contributed by atoms with E-state index in [0.717, 1.165) is 22.8 Å². The maximum Gasteiger partial charge on any atom is 0.224 e. The van der Waals surface area contributed by atoms with Crippen LogP contribution >= 0.6 is 23.2 Å². The summed E-state index contributed by atoms with van der Waals surface area (Å²) in [7, 11) is 0. The third-order valence-electron chi connectivity index (χ3n) is 4.10. The van der Waals surface area contributed by atoms with Gasteiger partial charge in [0.2, 0.25) is 5.91 Å². The van der Waals surface area contributed by atoms with Crippen molar-refractivity contribution in [2.24, 2.45) is 5.92 Å². The third kappa shape index (κ3) is 3.92. The van der Waals surface area contributed by atoms with Crippen molar-refractivity contribution >= 4 is 29.1 Å². The van der Waals surface area contributed by atoms with Gasteiger partial charge < -0.3 is 5.32 Å². The second kappa shape index (κ2) is 7.57. The zero-order valence-electron chi connectivity index (χ0n) is 14.7. The summed E-state index contributed by atoms with van der Waals surface area (Å²) in [6.07, 6.45) is 0. The fourth-order valence-electron chi connectivity index (χ4n) is 2.55. The maximum absolute atomic E-state index is 12.3. The van der Waals surface area contributed by atoms with Gasteiger partial charge in [-0.25, -0.2) is 0 Å². The Balaban J connectivity index is 1.87. The molecule has 0 unspecified atom stereocenters. The molecular formula is C16H23Cl2N5O. The van der Waals surface area contributed by atoms with Crippen LogP contribution in [0.2, 0.25) is 10.0 Å². The highest BCUT2D eigenvalue weighted by atomic mass is 35.5. The van der Waals surface area contributed by atoms with Crippen molar-refractivity contribution in [2.45, 2.75) is 47.7 Å². The molecule has 1 amide bonds. The molecule has 2 rings (SSSR count). The number of hydrogen-bond acceptors (Lipinski definition) is 3. The van der Waals surface area contributed by atoms with Crippen LogP contribution in [-0.4, -0.2) is 32.0 Å². The first-order valence-electron chi connectivity index (χ1n) is 7.89. The van der Waals surface area contributed by atoms with Crippen LogP contribution in [0.4, 0.5) is 0 Å². The Morgan fingerprint density at radius 1 is 1.04 bits per heavy atom. The first-order chi connectivity index (χ1) is 11.2. The summed E-state index contributed by atoms with van der Waals surface area (Å²) in [5, 5.41) is 13.0. The van der Waals surface area contributed by atoms with Crippen molar-refractivity contribution in [3.63, 3.8) is 0 Å². The minimum absolute atomic E-state index is 0.0219. The van der Waals surface area contributed by atoms with Gasteiger partial charge in [-0.2, -0.15) is 10.2 Å². The molecule has 132 valence electrons. The van der Waals surface area contributed by atoms with Gasteiger partial charge in [-0.1, -0.05) is 30.1 Å². The predicted molar refractivity (Wildman–Crippen MR) is 95.6 cm³/mol. The van der Waals surface area contributed by atoms with Gasteiger partial charge in [-0.15, -0.1) is 0 Å². The van der Waals surface area contributed by atoms with E-state index >= 15 is 0 Å². The second-order valence-electron chi connectivity index (χ2n) is 6.07. The predicted octanol–water partition coefficient (Wildman–Crippen LogP) is 3.07. The Bertz CT molecular complexity index is 750. The Morgan fingerprint density at radius 3 is 2.00 bits per heavy atom. The van der Waals surface area contributed by atoms with Crippen molar-refractivity contribution in [2.75, 3.05) is 6.54 Å². The summed E-state index contributed by atoms with van der Waals surface area (Å²) in [5.41, 5.74) is 3.37. The number of carbonyl (C=O) groups is 1. The smallest absolute Gasteiger partial charge is 0.224 e. The van der Waals surface area contributed by atoms with E-state index in [1.54, 1.807) is 4.68 Å². The number of carbonyl (C=O) groups excluding carboxylic acids is 1. The number of halogens is 2. The van der Waals surface area contributed by atoms with Gasteiger partial charge >= 0.3 is 0 Å². The number of hydrogen-bond donors (Lipinski definition) is 1. The lowest BCUT2D eigenvalue weighted by Crippen LogP contribution is -2.34. The molecule has 0 saturated carbocycles. The topological polar surface area (TPSA) is 64.7 Å². The van der Waals surface area contributed by atoms with Crippen molar-refractivity contribution in [3.8, 4) is 0 Å². The molecule has 0 aliphatic rings. The molecule has 0 aliphatic carbocycles. The molecule has 0 aromatic carbocycles. The quantitative estimate of drug-likeness (QED) is 0.848. The van der Waals surface area contributed by atoms with Gasteiger partial charge in [0.05, 0.1) is 51.8 Å². The minimum atomic E-state index is -0.205. The molecule has 8 heteroatoms. The van der Waals surface area contributed by atoms with Crippen LogP contribution in [-0.2, 0) is 17.9 Å². The fourth-order valence-corrected chi connectivity index (χ4v) is 2.82. The molecule has 1 atom stereocenters. The van der Waals surface area contributed by atoms with E-state index in [9.17, 15) is 4.79 Å². The van der Waals surface area contributed by atoms with E-state index < -0.39 is 0 Å². The summed E-state index contributed by atoms with van der Waals surface area (Å²) < 4.78 is 3.59. The second-order valence-corrected chi connectivity index (χ2v) is 6.82. The van der Waals surface area contributed by atoms with Crippen LogP contribution < -0.4 is 5.32 Å². The normalized spacial score (nSPS) is 12.5. The summed E-state index contributed by atoms with van der Waals surface area (Å²) in [4.78, 5) is 12.3. The molecule has 0 spiro atoms. The summed E-state index contributed by atoms with van der Waals surface area (Å²) >= 11 is 12.3. The molecule has 2 aromatic heterocycles. The SMILES string of the molecule is Cc1nn(CCNC(=O)[C@@H](C)Cn2nc(C)c(Cl)c2C)c(C)c1Cl. The van der Waals surface area contributed by atoms with Gasteiger partial charge in [0.1, 0.15) is 0 Å². The molecule has 2 aromatic rings. The van der Waals surface area contributed by atoms with Crippen molar-refractivity contribution in [3.05, 3.63) is 32.8 Å². The third-order valence-corrected chi connectivity index (χ3v) is 5.20. The molecule has 0 bridgehead atoms. The van der Waals surface area contributed by atoms with Crippen LogP contribution in [0.3, 0.4) is 0 Å². The van der Waals surface area contributed by atoms with Gasteiger partial charge in [-0.3, -0.25) is 14.2 Å². The Labute approximate surface area is 152 Å². The zero-order chi connectivity index (χ0) is 18.0. The molecular weight excluding hydrogens is 349 g/mol. The van der Waals surface area contributed by atoms with Crippen molar-refractivity contribution in [1.29, 1.82) is 0 Å². The molecule has 0 fully saturated rings. The maximum atomic E-state index is 12.3. The number of amides is 1. The number of nitrogens with zero attached hydrogens (tertiary/aromatic N) is 4. The van der Waals surface area contributed by atoms with Gasteiger partial charge in [0, 0.05) is 6.54 Å². The molecule has 6 nitrogen and oxygen atoms in total.